The Balaban J connectivity index is 2.10. The molecule has 3 nitrogen and oxygen atoms in total. The van der Waals surface area contributed by atoms with E-state index in [9.17, 15) is 9.90 Å². The second kappa shape index (κ2) is 8.01. The summed E-state index contributed by atoms with van der Waals surface area (Å²) in [7, 11) is 0. The number of carbonyl (C=O) groups excluding carboxylic acids is 1. The van der Waals surface area contributed by atoms with Crippen LogP contribution < -0.4 is 0 Å². The minimum absolute atomic E-state index is 0.0349. The molecule has 0 aliphatic rings. The quantitative estimate of drug-likeness (QED) is 0.721. The summed E-state index contributed by atoms with van der Waals surface area (Å²) in [6, 6.07) is 9.98. The highest BCUT2D eigenvalue weighted by atomic mass is 16.5. The molecule has 0 spiro atoms. The van der Waals surface area contributed by atoms with Crippen LogP contribution in [0.2, 0.25) is 0 Å². The predicted octanol–water partition coefficient (Wildman–Crippen LogP) is 2.57. The minimum atomic E-state index is -0.553. The molecule has 0 aliphatic carbocycles. The number of aliphatic hydroxyl groups excluding tert-OH is 1. The molecule has 0 bridgehead atoms. The molecule has 0 saturated carbocycles. The van der Waals surface area contributed by atoms with Crippen LogP contribution in [-0.2, 0) is 16.1 Å². The van der Waals surface area contributed by atoms with Gasteiger partial charge in [-0.25, -0.2) is 0 Å². The van der Waals surface area contributed by atoms with Crippen LogP contribution in [0.5, 0.6) is 0 Å². The molecule has 0 radical (unpaired) electrons. The average molecular weight is 250 g/mol. The summed E-state index contributed by atoms with van der Waals surface area (Å²) < 4.78 is 5.51. The van der Waals surface area contributed by atoms with Gasteiger partial charge in [-0.3, -0.25) is 4.79 Å². The molecule has 1 rings (SSSR count). The molecule has 0 fully saturated rings. The van der Waals surface area contributed by atoms with Crippen molar-refractivity contribution < 1.29 is 14.6 Å². The Bertz CT molecular complexity index is 348. The van der Waals surface area contributed by atoms with Gasteiger partial charge in [0, 0.05) is 12.5 Å². The zero-order chi connectivity index (χ0) is 13.4. The van der Waals surface area contributed by atoms with Crippen molar-refractivity contribution >= 4 is 5.78 Å². The number of aliphatic hydroxyl groups is 1. The highest BCUT2D eigenvalue weighted by Crippen LogP contribution is 2.10. The number of hydrogen-bond acceptors (Lipinski definition) is 3. The minimum Gasteiger partial charge on any atom is -0.392 e. The number of Topliss-reactive ketones (excluding diaryl/α,β-unsaturated/α-hetero) is 1. The first-order valence-electron chi connectivity index (χ1n) is 6.41. The molecule has 100 valence electrons. The predicted molar refractivity (Wildman–Crippen MR) is 71.2 cm³/mol. The second-order valence-corrected chi connectivity index (χ2v) is 4.65. The normalized spacial score (nSPS) is 14.2. The standard InChI is InChI=1S/C15H22O3/c1-12(13(2)16)15(17)9-6-10-18-11-14-7-4-3-5-8-14/h3-5,7-8,12,15,17H,6,9-11H2,1-2H3. The lowest BCUT2D eigenvalue weighted by molar-refractivity contribution is -0.123. The van der Waals surface area contributed by atoms with Crippen LogP contribution >= 0.6 is 0 Å². The Morgan fingerprint density at radius 2 is 2.00 bits per heavy atom. The van der Waals surface area contributed by atoms with Gasteiger partial charge < -0.3 is 9.84 Å². The first-order chi connectivity index (χ1) is 8.61. The number of carbonyl (C=O) groups is 1. The van der Waals surface area contributed by atoms with Gasteiger partial charge in [0.1, 0.15) is 5.78 Å². The summed E-state index contributed by atoms with van der Waals surface area (Å²) in [5, 5.41) is 9.73. The van der Waals surface area contributed by atoms with E-state index in [4.69, 9.17) is 4.74 Å². The Kier molecular flexibility index (Phi) is 6.61. The molecule has 1 aromatic carbocycles. The monoisotopic (exact) mass is 250 g/mol. The molecule has 3 heteroatoms. The Morgan fingerprint density at radius 3 is 2.61 bits per heavy atom. The summed E-state index contributed by atoms with van der Waals surface area (Å²) in [6.07, 6.45) is 0.823. The maximum Gasteiger partial charge on any atom is 0.135 e. The summed E-state index contributed by atoms with van der Waals surface area (Å²) >= 11 is 0. The third-order valence-corrected chi connectivity index (χ3v) is 3.12. The number of ether oxygens (including phenoxy) is 1. The van der Waals surface area contributed by atoms with Crippen molar-refractivity contribution in [3.63, 3.8) is 0 Å². The zero-order valence-corrected chi connectivity index (χ0v) is 11.1. The molecule has 1 N–H and O–H groups in total. The fourth-order valence-corrected chi connectivity index (χ4v) is 1.68. The summed E-state index contributed by atoms with van der Waals surface area (Å²) in [6.45, 7) is 4.48. The molecule has 0 aliphatic heterocycles. The average Bonchev–Trinajstić information content (AvgIpc) is 2.38. The highest BCUT2D eigenvalue weighted by Gasteiger charge is 2.17. The van der Waals surface area contributed by atoms with Crippen molar-refractivity contribution in [1.82, 2.24) is 0 Å². The molecular weight excluding hydrogens is 228 g/mol. The van der Waals surface area contributed by atoms with E-state index in [1.807, 2.05) is 30.3 Å². The van der Waals surface area contributed by atoms with Crippen molar-refractivity contribution in [2.24, 2.45) is 5.92 Å². The van der Waals surface area contributed by atoms with Gasteiger partial charge in [0.25, 0.3) is 0 Å². The first-order valence-corrected chi connectivity index (χ1v) is 6.41. The topological polar surface area (TPSA) is 46.5 Å². The van der Waals surface area contributed by atoms with Gasteiger partial charge in [-0.1, -0.05) is 37.3 Å². The van der Waals surface area contributed by atoms with E-state index in [1.165, 1.54) is 6.92 Å². The van der Waals surface area contributed by atoms with Crippen molar-refractivity contribution in [3.8, 4) is 0 Å². The van der Waals surface area contributed by atoms with E-state index < -0.39 is 6.10 Å². The van der Waals surface area contributed by atoms with E-state index in [0.29, 0.717) is 19.6 Å². The second-order valence-electron chi connectivity index (χ2n) is 4.65. The third-order valence-electron chi connectivity index (χ3n) is 3.12. The third kappa shape index (κ3) is 5.43. The van der Waals surface area contributed by atoms with Crippen molar-refractivity contribution in [1.29, 1.82) is 0 Å². The van der Waals surface area contributed by atoms with Gasteiger partial charge in [0.15, 0.2) is 0 Å². The van der Waals surface area contributed by atoms with Crippen LogP contribution in [-0.4, -0.2) is 23.6 Å². The van der Waals surface area contributed by atoms with Crippen LogP contribution in [0.1, 0.15) is 32.3 Å². The SMILES string of the molecule is CC(=O)C(C)C(O)CCCOCc1ccccc1. The number of hydrogen-bond donors (Lipinski definition) is 1. The fraction of sp³-hybridized carbons (Fsp3) is 0.533. The fourth-order valence-electron chi connectivity index (χ4n) is 1.68. The first kappa shape index (κ1) is 14.9. The smallest absolute Gasteiger partial charge is 0.135 e. The maximum absolute atomic E-state index is 11.1. The van der Waals surface area contributed by atoms with E-state index in [0.717, 1.165) is 12.0 Å². The van der Waals surface area contributed by atoms with Gasteiger partial charge in [-0.15, -0.1) is 0 Å². The molecule has 0 aromatic heterocycles. The Labute approximate surface area is 109 Å². The number of rotatable bonds is 8. The molecular formula is C15H22O3. The molecule has 0 heterocycles. The summed E-state index contributed by atoms with van der Waals surface area (Å²) in [5.41, 5.74) is 1.15. The number of ketones is 1. The Morgan fingerprint density at radius 1 is 1.33 bits per heavy atom. The molecule has 18 heavy (non-hydrogen) atoms. The maximum atomic E-state index is 11.1. The van der Waals surface area contributed by atoms with Gasteiger partial charge in [-0.05, 0) is 25.3 Å². The van der Waals surface area contributed by atoms with Crippen LogP contribution in [0.3, 0.4) is 0 Å². The van der Waals surface area contributed by atoms with Crippen LogP contribution in [0.4, 0.5) is 0 Å². The van der Waals surface area contributed by atoms with Gasteiger partial charge in [0.2, 0.25) is 0 Å². The van der Waals surface area contributed by atoms with Crippen LogP contribution in [0, 0.1) is 5.92 Å². The summed E-state index contributed by atoms with van der Waals surface area (Å²) in [5.74, 6) is -0.244. The van der Waals surface area contributed by atoms with Crippen LogP contribution in [0.15, 0.2) is 30.3 Å². The molecule has 2 unspecified atom stereocenters. The van der Waals surface area contributed by atoms with E-state index in [-0.39, 0.29) is 11.7 Å². The lowest BCUT2D eigenvalue weighted by Crippen LogP contribution is -2.24. The van der Waals surface area contributed by atoms with E-state index >= 15 is 0 Å². The molecule has 0 saturated heterocycles. The van der Waals surface area contributed by atoms with Gasteiger partial charge in [0.05, 0.1) is 12.7 Å². The molecule has 2 atom stereocenters. The lowest BCUT2D eigenvalue weighted by Gasteiger charge is -2.15. The van der Waals surface area contributed by atoms with Crippen molar-refractivity contribution in [2.45, 2.75) is 39.4 Å². The molecule has 0 amide bonds. The molecule has 1 aromatic rings. The van der Waals surface area contributed by atoms with E-state index in [2.05, 4.69) is 0 Å². The largest absolute Gasteiger partial charge is 0.392 e. The zero-order valence-electron chi connectivity index (χ0n) is 11.1. The van der Waals surface area contributed by atoms with Gasteiger partial charge in [-0.2, -0.15) is 0 Å². The van der Waals surface area contributed by atoms with E-state index in [1.54, 1.807) is 6.92 Å². The Hall–Kier alpha value is -1.19. The van der Waals surface area contributed by atoms with Gasteiger partial charge >= 0.3 is 0 Å². The van der Waals surface area contributed by atoms with Crippen LogP contribution in [0.25, 0.3) is 0 Å². The number of benzene rings is 1. The lowest BCUT2D eigenvalue weighted by atomic mass is 9.97. The highest BCUT2D eigenvalue weighted by molar-refractivity contribution is 5.78. The van der Waals surface area contributed by atoms with Crippen molar-refractivity contribution in [2.75, 3.05) is 6.61 Å². The summed E-state index contributed by atoms with van der Waals surface area (Å²) in [4.78, 5) is 11.1. The van der Waals surface area contributed by atoms with Crippen molar-refractivity contribution in [3.05, 3.63) is 35.9 Å².